The van der Waals surface area contributed by atoms with Gasteiger partial charge in [0, 0.05) is 0 Å². The van der Waals surface area contributed by atoms with Crippen molar-refractivity contribution in [2.24, 2.45) is 0 Å². The quantitative estimate of drug-likeness (QED) is 0.127. The van der Waals surface area contributed by atoms with Crippen molar-refractivity contribution in [3.8, 4) is 0 Å². The average Bonchev–Trinajstić information content (AvgIpc) is 3.63. The first-order valence-electron chi connectivity index (χ1n) is 19.8. The molecule has 9 aromatic rings. The Bertz CT molecular complexity index is 2750. The second-order valence-electron chi connectivity index (χ2n) is 15.9. The first kappa shape index (κ1) is 36.5. The van der Waals surface area contributed by atoms with Gasteiger partial charge in [0.15, 0.2) is 0 Å². The van der Waals surface area contributed by atoms with E-state index in [2.05, 4.69) is 244 Å². The number of benzene rings is 8. The molecule has 2 nitrogen and oxygen atoms in total. The van der Waals surface area contributed by atoms with E-state index in [1.165, 1.54) is 47.2 Å². The van der Waals surface area contributed by atoms with E-state index in [1.54, 1.807) is 0 Å². The minimum atomic E-state index is -0.103. The molecule has 0 saturated heterocycles. The normalized spacial score (nSPS) is 11.9. The van der Waals surface area contributed by atoms with Crippen molar-refractivity contribution in [3.63, 3.8) is 0 Å². The van der Waals surface area contributed by atoms with Crippen molar-refractivity contribution in [3.05, 3.63) is 229 Å². The van der Waals surface area contributed by atoms with Gasteiger partial charge in [0.1, 0.15) is 0 Å². The van der Waals surface area contributed by atoms with E-state index in [1.807, 2.05) is 0 Å². The Hall–Kier alpha value is -6.12. The Morgan fingerprint density at radius 3 is 1.11 bits per heavy atom. The van der Waals surface area contributed by atoms with E-state index >= 15 is 0 Å². The molecule has 0 amide bonds. The van der Waals surface area contributed by atoms with Crippen LogP contribution in [0.2, 0.25) is 0 Å². The Morgan fingerprint density at radius 2 is 0.649 bits per heavy atom. The van der Waals surface area contributed by atoms with Gasteiger partial charge < -0.3 is 0 Å². The molecule has 8 aromatic carbocycles. The summed E-state index contributed by atoms with van der Waals surface area (Å²) >= 11 is 0.188. The van der Waals surface area contributed by atoms with E-state index in [0.717, 1.165) is 28.4 Å². The number of hydrogen-bond donors (Lipinski definition) is 0. The first-order chi connectivity index (χ1) is 27.8. The van der Waals surface area contributed by atoms with Gasteiger partial charge in [-0.15, -0.1) is 0 Å². The monoisotopic (exact) mass is 802 g/mol. The summed E-state index contributed by atoms with van der Waals surface area (Å²) in [5.41, 5.74) is 11.9. The third kappa shape index (κ3) is 6.99. The molecule has 0 aliphatic rings. The van der Waals surface area contributed by atoms with E-state index < -0.39 is 0 Å². The molecule has 57 heavy (non-hydrogen) atoms. The maximum absolute atomic E-state index is 2.42. The van der Waals surface area contributed by atoms with Gasteiger partial charge in [0.2, 0.25) is 0 Å². The molecule has 0 radical (unpaired) electrons. The van der Waals surface area contributed by atoms with E-state index in [4.69, 9.17) is 0 Å². The standard InChI is InChI=1S/C54H46N2Se/c1-53(2,39-17-9-5-10-18-39)41-25-29-45(30-26-41)55(43-21-13-7-14-22-43)47-34-36-51-50(37-47)49-35-33-48(38-52(49)57-51)56(44-23-15-8-16-24-44)46-31-27-42(28-32-46)54(3,4)40-19-11-6-12-20-40/h5-38H,1-4H3. The summed E-state index contributed by atoms with van der Waals surface area (Å²) in [6.07, 6.45) is 0. The van der Waals surface area contributed by atoms with E-state index in [-0.39, 0.29) is 25.3 Å². The van der Waals surface area contributed by atoms with Crippen LogP contribution < -0.4 is 9.80 Å². The fourth-order valence-corrected chi connectivity index (χ4v) is 10.5. The molecule has 9 rings (SSSR count). The van der Waals surface area contributed by atoms with Crippen molar-refractivity contribution >= 4 is 67.9 Å². The van der Waals surface area contributed by atoms with Crippen molar-refractivity contribution in [2.75, 3.05) is 9.80 Å². The molecule has 0 atom stereocenters. The van der Waals surface area contributed by atoms with Crippen LogP contribution in [0, 0.1) is 0 Å². The summed E-state index contributed by atoms with van der Waals surface area (Å²) in [6, 6.07) is 75.5. The molecule has 0 aliphatic heterocycles. The zero-order chi connectivity index (χ0) is 39.0. The Labute approximate surface area is 343 Å². The van der Waals surface area contributed by atoms with Crippen LogP contribution in [0.1, 0.15) is 49.9 Å². The second kappa shape index (κ2) is 15.1. The second-order valence-corrected chi connectivity index (χ2v) is 18.2. The molecule has 0 spiro atoms. The third-order valence-corrected chi connectivity index (χ3v) is 14.0. The van der Waals surface area contributed by atoms with Gasteiger partial charge in [0.25, 0.3) is 0 Å². The Kier molecular flexibility index (Phi) is 9.66. The summed E-state index contributed by atoms with van der Waals surface area (Å²) in [6.45, 7) is 9.22. The van der Waals surface area contributed by atoms with Gasteiger partial charge in [-0.05, 0) is 0 Å². The summed E-state index contributed by atoms with van der Waals surface area (Å²) in [7, 11) is 0. The van der Waals surface area contributed by atoms with Crippen molar-refractivity contribution < 1.29 is 0 Å². The van der Waals surface area contributed by atoms with E-state index in [0.29, 0.717) is 0 Å². The van der Waals surface area contributed by atoms with Gasteiger partial charge in [-0.2, -0.15) is 0 Å². The first-order valence-corrected chi connectivity index (χ1v) is 21.5. The predicted octanol–water partition coefficient (Wildman–Crippen LogP) is 14.6. The fraction of sp³-hybridized carbons (Fsp3) is 0.111. The summed E-state index contributed by atoms with van der Waals surface area (Å²) in [4.78, 5) is 4.78. The van der Waals surface area contributed by atoms with Crippen LogP contribution >= 0.6 is 0 Å². The van der Waals surface area contributed by atoms with Crippen LogP contribution in [-0.4, -0.2) is 14.5 Å². The summed E-state index contributed by atoms with van der Waals surface area (Å²) in [5, 5.41) is 2.66. The van der Waals surface area contributed by atoms with Gasteiger partial charge in [-0.3, -0.25) is 0 Å². The van der Waals surface area contributed by atoms with Crippen LogP contribution in [0.15, 0.2) is 206 Å². The molecule has 278 valence electrons. The number of anilines is 6. The minimum absolute atomic E-state index is 0.100. The summed E-state index contributed by atoms with van der Waals surface area (Å²) < 4.78 is 2.83. The number of fused-ring (bicyclic) bond motifs is 3. The Balaban J connectivity index is 1.09. The van der Waals surface area contributed by atoms with Gasteiger partial charge in [-0.25, -0.2) is 0 Å². The molecule has 1 heterocycles. The van der Waals surface area contributed by atoms with Crippen molar-refractivity contribution in [1.82, 2.24) is 0 Å². The van der Waals surface area contributed by atoms with Crippen LogP contribution in [0.25, 0.3) is 19.3 Å². The molecule has 3 heteroatoms. The number of hydrogen-bond acceptors (Lipinski definition) is 2. The van der Waals surface area contributed by atoms with Crippen LogP contribution in [0.3, 0.4) is 0 Å². The summed E-state index contributed by atoms with van der Waals surface area (Å²) in [5.74, 6) is 0. The zero-order valence-corrected chi connectivity index (χ0v) is 34.6. The van der Waals surface area contributed by atoms with Gasteiger partial charge in [-0.1, -0.05) is 24.3 Å². The molecular weight excluding hydrogens is 756 g/mol. The van der Waals surface area contributed by atoms with Crippen molar-refractivity contribution in [2.45, 2.75) is 38.5 Å². The zero-order valence-electron chi connectivity index (χ0n) is 32.9. The predicted molar refractivity (Wildman–Crippen MR) is 245 cm³/mol. The Morgan fingerprint density at radius 1 is 0.298 bits per heavy atom. The molecular formula is C54H46N2Se. The van der Waals surface area contributed by atoms with E-state index in [9.17, 15) is 0 Å². The topological polar surface area (TPSA) is 6.48 Å². The number of para-hydroxylation sites is 2. The van der Waals surface area contributed by atoms with Crippen LogP contribution in [0.5, 0.6) is 0 Å². The molecule has 0 N–H and O–H groups in total. The average molecular weight is 802 g/mol. The number of nitrogens with zero attached hydrogens (tertiary/aromatic N) is 2. The molecule has 0 aliphatic carbocycles. The van der Waals surface area contributed by atoms with Crippen LogP contribution in [-0.2, 0) is 10.8 Å². The van der Waals surface area contributed by atoms with Gasteiger partial charge >= 0.3 is 320 Å². The fourth-order valence-electron chi connectivity index (χ4n) is 8.18. The third-order valence-electron chi connectivity index (χ3n) is 11.7. The molecule has 0 fully saturated rings. The number of rotatable bonds is 10. The SMILES string of the molecule is CC(C)(c1ccccc1)c1ccc(N(c2ccccc2)c2ccc3c(c2)[se]c2ccc(N(c4ccccc4)c4ccc(C(C)(C)c5ccccc5)cc4)cc23)cc1. The molecule has 0 unspecified atom stereocenters. The van der Waals surface area contributed by atoms with Crippen LogP contribution in [0.4, 0.5) is 34.1 Å². The molecule has 0 saturated carbocycles. The van der Waals surface area contributed by atoms with Crippen molar-refractivity contribution in [1.29, 1.82) is 0 Å². The molecule has 0 bridgehead atoms. The molecule has 1 aromatic heterocycles. The maximum atomic E-state index is 2.42. The van der Waals surface area contributed by atoms with Gasteiger partial charge in [0.05, 0.1) is 0 Å².